The summed E-state index contributed by atoms with van der Waals surface area (Å²) in [4.78, 5) is 20.6. The number of Topliss-reactive ketones (excluding diaryl/α,β-unsaturated/α-hetero) is 1. The van der Waals surface area contributed by atoms with Crippen LogP contribution in [-0.4, -0.2) is 19.1 Å². The monoisotopic (exact) mass is 293 g/mol. The lowest BCUT2D eigenvalue weighted by Gasteiger charge is -2.00. The van der Waals surface area contributed by atoms with E-state index in [1.807, 2.05) is 45.2 Å². The molecule has 0 fully saturated rings. The zero-order valence-corrected chi connectivity index (χ0v) is 14.4. The van der Waals surface area contributed by atoms with Crippen molar-refractivity contribution in [3.63, 3.8) is 0 Å². The van der Waals surface area contributed by atoms with Gasteiger partial charge in [0, 0.05) is 18.5 Å². The van der Waals surface area contributed by atoms with Crippen LogP contribution >= 0.6 is 0 Å². The standard InChI is InChI=1S/C10H13NO.C6H12O.C2H6/c1-8(12)10-5-3-9(4-6-10)7-11-2;1-6(2)4-3-5-7;1-2/h3-6,11H,7H2,1-2H3;5-6H,3-4H2,1-2H3;1-2H3. The van der Waals surface area contributed by atoms with Crippen molar-refractivity contribution < 1.29 is 9.59 Å². The number of carbonyl (C=O) groups excluding carboxylic acids is 2. The minimum atomic E-state index is 0.117. The van der Waals surface area contributed by atoms with Crippen LogP contribution in [0.2, 0.25) is 0 Å². The second kappa shape index (κ2) is 14.9. The highest BCUT2D eigenvalue weighted by atomic mass is 16.1. The molecule has 0 aliphatic rings. The van der Waals surface area contributed by atoms with Gasteiger partial charge in [0.25, 0.3) is 0 Å². The second-order valence-electron chi connectivity index (χ2n) is 4.92. The molecule has 0 aliphatic heterocycles. The van der Waals surface area contributed by atoms with E-state index in [1.54, 1.807) is 6.92 Å². The Balaban J connectivity index is 0. The number of nitrogens with one attached hydrogen (secondary N) is 1. The number of ketones is 1. The third-order valence-corrected chi connectivity index (χ3v) is 2.60. The molecule has 0 unspecified atom stereocenters. The Bertz CT molecular complexity index is 369. The van der Waals surface area contributed by atoms with Crippen LogP contribution in [0.25, 0.3) is 0 Å². The largest absolute Gasteiger partial charge is 0.316 e. The van der Waals surface area contributed by atoms with E-state index < -0.39 is 0 Å². The van der Waals surface area contributed by atoms with Gasteiger partial charge in [-0.15, -0.1) is 0 Å². The van der Waals surface area contributed by atoms with Crippen LogP contribution in [0.4, 0.5) is 0 Å². The fraction of sp³-hybridized carbons (Fsp3) is 0.556. The summed E-state index contributed by atoms with van der Waals surface area (Å²) in [5.74, 6) is 0.788. The Morgan fingerprint density at radius 1 is 1.19 bits per heavy atom. The molecule has 21 heavy (non-hydrogen) atoms. The molecule has 1 aromatic rings. The molecule has 3 heteroatoms. The SMILES string of the molecule is CC.CC(C)CCC=O.CNCc1ccc(C(C)=O)cc1. The summed E-state index contributed by atoms with van der Waals surface area (Å²) in [6.07, 6.45) is 2.72. The third-order valence-electron chi connectivity index (χ3n) is 2.60. The van der Waals surface area contributed by atoms with Gasteiger partial charge < -0.3 is 10.1 Å². The molecular formula is C18H31NO2. The molecule has 120 valence electrons. The molecule has 0 aromatic heterocycles. The van der Waals surface area contributed by atoms with Crippen molar-refractivity contribution in [2.24, 2.45) is 5.92 Å². The van der Waals surface area contributed by atoms with Crippen LogP contribution < -0.4 is 5.32 Å². The average Bonchev–Trinajstić information content (AvgIpc) is 2.49. The maximum absolute atomic E-state index is 10.9. The van der Waals surface area contributed by atoms with Gasteiger partial charge in [-0.1, -0.05) is 52.0 Å². The molecule has 1 N–H and O–H groups in total. The first-order valence-corrected chi connectivity index (χ1v) is 7.69. The van der Waals surface area contributed by atoms with Crippen molar-refractivity contribution in [2.45, 2.75) is 54.0 Å². The first-order chi connectivity index (χ1) is 10.0. The number of hydrogen-bond acceptors (Lipinski definition) is 3. The van der Waals surface area contributed by atoms with E-state index in [9.17, 15) is 9.59 Å². The lowest BCUT2D eigenvalue weighted by molar-refractivity contribution is -0.108. The molecule has 0 aliphatic carbocycles. The van der Waals surface area contributed by atoms with Gasteiger partial charge in [0.15, 0.2) is 5.78 Å². The Labute approximate surface area is 130 Å². The summed E-state index contributed by atoms with van der Waals surface area (Å²) in [5.41, 5.74) is 1.97. The molecule has 1 aromatic carbocycles. The van der Waals surface area contributed by atoms with Crippen LogP contribution in [-0.2, 0) is 11.3 Å². The Kier molecular flexibility index (Phi) is 15.5. The predicted octanol–water partition coefficient (Wildman–Crippen LogP) is 4.26. The first-order valence-electron chi connectivity index (χ1n) is 7.69. The zero-order valence-electron chi connectivity index (χ0n) is 14.4. The summed E-state index contributed by atoms with van der Waals surface area (Å²) < 4.78 is 0. The molecule has 0 atom stereocenters. The van der Waals surface area contributed by atoms with Crippen LogP contribution in [0.15, 0.2) is 24.3 Å². The van der Waals surface area contributed by atoms with Gasteiger partial charge in [-0.2, -0.15) is 0 Å². The fourth-order valence-electron chi connectivity index (χ4n) is 1.46. The highest BCUT2D eigenvalue weighted by Crippen LogP contribution is 2.04. The third kappa shape index (κ3) is 13.3. The van der Waals surface area contributed by atoms with Gasteiger partial charge in [0.2, 0.25) is 0 Å². The summed E-state index contributed by atoms with van der Waals surface area (Å²) in [5, 5.41) is 3.05. The van der Waals surface area contributed by atoms with Crippen molar-refractivity contribution >= 4 is 12.1 Å². The van der Waals surface area contributed by atoms with Gasteiger partial charge in [-0.25, -0.2) is 0 Å². The van der Waals surface area contributed by atoms with Gasteiger partial charge in [-0.3, -0.25) is 4.79 Å². The van der Waals surface area contributed by atoms with Crippen molar-refractivity contribution in [3.8, 4) is 0 Å². The Morgan fingerprint density at radius 2 is 1.71 bits per heavy atom. The van der Waals surface area contributed by atoms with Gasteiger partial charge in [0.1, 0.15) is 6.29 Å². The Hall–Kier alpha value is -1.48. The minimum Gasteiger partial charge on any atom is -0.316 e. The maximum Gasteiger partial charge on any atom is 0.159 e. The van der Waals surface area contributed by atoms with E-state index in [0.29, 0.717) is 5.92 Å². The fourth-order valence-corrected chi connectivity index (χ4v) is 1.46. The molecular weight excluding hydrogens is 262 g/mol. The smallest absolute Gasteiger partial charge is 0.159 e. The van der Waals surface area contributed by atoms with Crippen molar-refractivity contribution in [1.82, 2.24) is 5.32 Å². The minimum absolute atomic E-state index is 0.117. The quantitative estimate of drug-likeness (QED) is 0.630. The van der Waals surface area contributed by atoms with Crippen LogP contribution in [0, 0.1) is 5.92 Å². The number of rotatable bonds is 6. The van der Waals surface area contributed by atoms with Gasteiger partial charge in [0.05, 0.1) is 0 Å². The summed E-state index contributed by atoms with van der Waals surface area (Å²) >= 11 is 0. The van der Waals surface area contributed by atoms with Gasteiger partial charge >= 0.3 is 0 Å². The number of carbonyl (C=O) groups is 2. The predicted molar refractivity (Wildman–Crippen MR) is 90.7 cm³/mol. The van der Waals surface area contributed by atoms with Crippen LogP contribution in [0.5, 0.6) is 0 Å². The van der Waals surface area contributed by atoms with Crippen LogP contribution in [0.3, 0.4) is 0 Å². The summed E-state index contributed by atoms with van der Waals surface area (Å²) in [7, 11) is 1.90. The van der Waals surface area contributed by atoms with E-state index in [4.69, 9.17) is 0 Å². The highest BCUT2D eigenvalue weighted by molar-refractivity contribution is 5.93. The molecule has 0 amide bonds. The number of benzene rings is 1. The first kappa shape index (κ1) is 21.8. The van der Waals surface area contributed by atoms with E-state index in [0.717, 1.165) is 31.2 Å². The summed E-state index contributed by atoms with van der Waals surface area (Å²) in [6.45, 7) is 10.7. The highest BCUT2D eigenvalue weighted by Gasteiger charge is 1.97. The molecule has 0 heterocycles. The number of aldehydes is 1. The van der Waals surface area contributed by atoms with E-state index in [2.05, 4.69) is 19.2 Å². The molecule has 0 radical (unpaired) electrons. The van der Waals surface area contributed by atoms with E-state index in [1.165, 1.54) is 5.56 Å². The molecule has 3 nitrogen and oxygen atoms in total. The Morgan fingerprint density at radius 3 is 2.00 bits per heavy atom. The molecule has 0 saturated heterocycles. The lowest BCUT2D eigenvalue weighted by Crippen LogP contribution is -2.05. The van der Waals surface area contributed by atoms with Crippen LogP contribution in [0.1, 0.15) is 63.4 Å². The number of hydrogen-bond donors (Lipinski definition) is 1. The average molecular weight is 293 g/mol. The zero-order chi connectivity index (χ0) is 16.7. The molecule has 1 rings (SSSR count). The maximum atomic E-state index is 10.9. The van der Waals surface area contributed by atoms with Crippen molar-refractivity contribution in [2.75, 3.05) is 7.05 Å². The summed E-state index contributed by atoms with van der Waals surface area (Å²) in [6, 6.07) is 7.64. The van der Waals surface area contributed by atoms with E-state index in [-0.39, 0.29) is 5.78 Å². The van der Waals surface area contributed by atoms with Gasteiger partial charge in [-0.05, 0) is 31.9 Å². The molecule has 0 bridgehead atoms. The lowest BCUT2D eigenvalue weighted by atomic mass is 10.1. The second-order valence-corrected chi connectivity index (χ2v) is 4.92. The van der Waals surface area contributed by atoms with Crippen molar-refractivity contribution in [3.05, 3.63) is 35.4 Å². The molecule has 0 saturated carbocycles. The topological polar surface area (TPSA) is 46.2 Å². The van der Waals surface area contributed by atoms with E-state index >= 15 is 0 Å². The normalized spacial score (nSPS) is 9.10. The molecule has 0 spiro atoms. The van der Waals surface area contributed by atoms with Crippen molar-refractivity contribution in [1.29, 1.82) is 0 Å².